The second-order valence-corrected chi connectivity index (χ2v) is 6.77. The maximum atomic E-state index is 12.5. The standard InChI is InChI=1S/C15H16N4O3S/c1-11-8-14(12(2)22-11)23(20,21)18-15-5-7-17-19(15)10-13-4-3-6-16-9-13/h3-9,18H,10H2,1-2H3. The first-order valence-electron chi connectivity index (χ1n) is 6.96. The van der Waals surface area contributed by atoms with E-state index in [1.165, 1.54) is 6.07 Å². The molecule has 3 rings (SSSR count). The van der Waals surface area contributed by atoms with Crippen LogP contribution in [-0.4, -0.2) is 23.2 Å². The first kappa shape index (κ1) is 15.3. The fourth-order valence-electron chi connectivity index (χ4n) is 2.28. The number of anilines is 1. The highest BCUT2D eigenvalue weighted by molar-refractivity contribution is 7.92. The van der Waals surface area contributed by atoms with E-state index in [0.717, 1.165) is 5.56 Å². The van der Waals surface area contributed by atoms with Crippen LogP contribution in [0, 0.1) is 13.8 Å². The largest absolute Gasteiger partial charge is 0.465 e. The summed E-state index contributed by atoms with van der Waals surface area (Å²) in [7, 11) is -3.73. The summed E-state index contributed by atoms with van der Waals surface area (Å²) in [6.45, 7) is 3.75. The van der Waals surface area contributed by atoms with Gasteiger partial charge in [-0.25, -0.2) is 13.1 Å². The van der Waals surface area contributed by atoms with E-state index in [-0.39, 0.29) is 4.90 Å². The topological polar surface area (TPSA) is 90.0 Å². The first-order chi connectivity index (χ1) is 11.0. The molecule has 23 heavy (non-hydrogen) atoms. The normalized spacial score (nSPS) is 11.6. The molecule has 1 N–H and O–H groups in total. The van der Waals surface area contributed by atoms with Crippen molar-refractivity contribution in [1.29, 1.82) is 0 Å². The molecule has 0 aliphatic heterocycles. The molecular formula is C15H16N4O3S. The minimum Gasteiger partial charge on any atom is -0.465 e. The highest BCUT2D eigenvalue weighted by Gasteiger charge is 2.22. The van der Waals surface area contributed by atoms with Gasteiger partial charge in [-0.05, 0) is 25.5 Å². The Morgan fingerprint density at radius 1 is 1.26 bits per heavy atom. The lowest BCUT2D eigenvalue weighted by Gasteiger charge is -2.10. The summed E-state index contributed by atoms with van der Waals surface area (Å²) in [5, 5.41) is 4.16. The molecule has 0 atom stereocenters. The molecule has 3 aromatic heterocycles. The van der Waals surface area contributed by atoms with E-state index < -0.39 is 10.0 Å². The number of aromatic nitrogens is 3. The molecule has 0 fully saturated rings. The Kier molecular flexibility index (Phi) is 3.91. The average Bonchev–Trinajstić information content (AvgIpc) is 3.06. The molecule has 0 spiro atoms. The van der Waals surface area contributed by atoms with E-state index in [4.69, 9.17) is 4.42 Å². The van der Waals surface area contributed by atoms with Crippen molar-refractivity contribution in [3.63, 3.8) is 0 Å². The molecule has 0 saturated heterocycles. The van der Waals surface area contributed by atoms with Crippen LogP contribution >= 0.6 is 0 Å². The summed E-state index contributed by atoms with van der Waals surface area (Å²) in [4.78, 5) is 4.17. The van der Waals surface area contributed by atoms with Crippen LogP contribution in [0.4, 0.5) is 5.82 Å². The van der Waals surface area contributed by atoms with E-state index in [1.807, 2.05) is 12.1 Å². The van der Waals surface area contributed by atoms with Gasteiger partial charge < -0.3 is 4.42 Å². The number of nitrogens with zero attached hydrogens (tertiary/aromatic N) is 3. The van der Waals surface area contributed by atoms with Crippen LogP contribution in [0.3, 0.4) is 0 Å². The Bertz CT molecular complexity index is 913. The maximum absolute atomic E-state index is 12.5. The molecule has 120 valence electrons. The van der Waals surface area contributed by atoms with Crippen molar-refractivity contribution >= 4 is 15.8 Å². The minimum atomic E-state index is -3.73. The molecule has 0 unspecified atom stereocenters. The first-order valence-corrected chi connectivity index (χ1v) is 8.44. The quantitative estimate of drug-likeness (QED) is 0.774. The van der Waals surface area contributed by atoms with Gasteiger partial charge in [0.25, 0.3) is 10.0 Å². The highest BCUT2D eigenvalue weighted by atomic mass is 32.2. The van der Waals surface area contributed by atoms with Crippen molar-refractivity contribution in [2.24, 2.45) is 0 Å². The number of pyridine rings is 1. The van der Waals surface area contributed by atoms with Gasteiger partial charge in [-0.2, -0.15) is 5.10 Å². The number of sulfonamides is 1. The van der Waals surface area contributed by atoms with Crippen molar-refractivity contribution in [2.75, 3.05) is 4.72 Å². The minimum absolute atomic E-state index is 0.129. The molecule has 0 saturated carbocycles. The Labute approximate surface area is 134 Å². The van der Waals surface area contributed by atoms with E-state index in [0.29, 0.717) is 23.9 Å². The summed E-state index contributed by atoms with van der Waals surface area (Å²) < 4.78 is 34.4. The Morgan fingerprint density at radius 2 is 2.09 bits per heavy atom. The predicted octanol–water partition coefficient (Wildman–Crippen LogP) is 2.34. The van der Waals surface area contributed by atoms with Crippen LogP contribution in [0.2, 0.25) is 0 Å². The lowest BCUT2D eigenvalue weighted by atomic mass is 10.3. The van der Waals surface area contributed by atoms with Gasteiger partial charge in [-0.1, -0.05) is 6.07 Å². The van der Waals surface area contributed by atoms with Crippen molar-refractivity contribution in [2.45, 2.75) is 25.3 Å². The molecule has 0 aliphatic rings. The number of aryl methyl sites for hydroxylation is 2. The number of hydrogen-bond acceptors (Lipinski definition) is 5. The van der Waals surface area contributed by atoms with Gasteiger partial charge in [0, 0.05) is 24.5 Å². The van der Waals surface area contributed by atoms with Gasteiger partial charge in [0.05, 0.1) is 12.7 Å². The number of rotatable bonds is 5. The SMILES string of the molecule is Cc1cc(S(=O)(=O)Nc2ccnn2Cc2cccnc2)c(C)o1. The van der Waals surface area contributed by atoms with E-state index >= 15 is 0 Å². The zero-order valence-corrected chi connectivity index (χ0v) is 13.5. The van der Waals surface area contributed by atoms with Gasteiger partial charge >= 0.3 is 0 Å². The summed E-state index contributed by atoms with van der Waals surface area (Å²) in [5.74, 6) is 1.28. The van der Waals surface area contributed by atoms with Crippen molar-refractivity contribution in [1.82, 2.24) is 14.8 Å². The monoisotopic (exact) mass is 332 g/mol. The molecule has 3 heterocycles. The molecule has 0 aliphatic carbocycles. The molecule has 7 nitrogen and oxygen atoms in total. The number of furan rings is 1. The fraction of sp³-hybridized carbons (Fsp3) is 0.200. The average molecular weight is 332 g/mol. The summed E-state index contributed by atoms with van der Waals surface area (Å²) >= 11 is 0. The molecule has 0 aromatic carbocycles. The van der Waals surface area contributed by atoms with Crippen molar-refractivity contribution in [3.8, 4) is 0 Å². The lowest BCUT2D eigenvalue weighted by molar-refractivity contribution is 0.496. The summed E-state index contributed by atoms with van der Waals surface area (Å²) in [6.07, 6.45) is 4.94. The maximum Gasteiger partial charge on any atom is 0.266 e. The fourth-order valence-corrected chi connectivity index (χ4v) is 3.58. The lowest BCUT2D eigenvalue weighted by Crippen LogP contribution is -2.17. The molecule has 0 bridgehead atoms. The summed E-state index contributed by atoms with van der Waals surface area (Å²) in [5.41, 5.74) is 0.923. The predicted molar refractivity (Wildman–Crippen MR) is 84.6 cm³/mol. The van der Waals surface area contributed by atoms with Crippen LogP contribution < -0.4 is 4.72 Å². The molecular weight excluding hydrogens is 316 g/mol. The van der Waals surface area contributed by atoms with Crippen LogP contribution in [-0.2, 0) is 16.6 Å². The Morgan fingerprint density at radius 3 is 2.74 bits per heavy atom. The zero-order chi connectivity index (χ0) is 16.4. The third kappa shape index (κ3) is 3.26. The molecule has 8 heteroatoms. The smallest absolute Gasteiger partial charge is 0.266 e. The third-order valence-corrected chi connectivity index (χ3v) is 4.76. The second kappa shape index (κ2) is 5.88. The van der Waals surface area contributed by atoms with Gasteiger partial charge in [0.1, 0.15) is 22.2 Å². The molecule has 3 aromatic rings. The van der Waals surface area contributed by atoms with E-state index in [9.17, 15) is 8.42 Å². The number of nitrogens with one attached hydrogen (secondary N) is 1. The second-order valence-electron chi connectivity index (χ2n) is 5.12. The Hall–Kier alpha value is -2.61. The van der Waals surface area contributed by atoms with Crippen LogP contribution in [0.15, 0.2) is 52.2 Å². The third-order valence-electron chi connectivity index (χ3n) is 3.30. The van der Waals surface area contributed by atoms with Gasteiger partial charge in [-0.15, -0.1) is 0 Å². The van der Waals surface area contributed by atoms with Gasteiger partial charge in [-0.3, -0.25) is 9.71 Å². The van der Waals surface area contributed by atoms with E-state index in [2.05, 4.69) is 14.8 Å². The highest BCUT2D eigenvalue weighted by Crippen LogP contribution is 2.22. The van der Waals surface area contributed by atoms with Gasteiger partial charge in [0.15, 0.2) is 0 Å². The van der Waals surface area contributed by atoms with Crippen LogP contribution in [0.5, 0.6) is 0 Å². The molecule has 0 amide bonds. The zero-order valence-electron chi connectivity index (χ0n) is 12.7. The van der Waals surface area contributed by atoms with Gasteiger partial charge in [0.2, 0.25) is 0 Å². The summed E-state index contributed by atoms with van der Waals surface area (Å²) in [6, 6.07) is 6.83. The molecule has 0 radical (unpaired) electrons. The van der Waals surface area contributed by atoms with Crippen LogP contribution in [0.1, 0.15) is 17.1 Å². The van der Waals surface area contributed by atoms with Crippen molar-refractivity contribution < 1.29 is 12.8 Å². The number of hydrogen-bond donors (Lipinski definition) is 1. The van der Waals surface area contributed by atoms with E-state index in [1.54, 1.807) is 43.2 Å². The Balaban J connectivity index is 1.86. The van der Waals surface area contributed by atoms with Crippen LogP contribution in [0.25, 0.3) is 0 Å². The van der Waals surface area contributed by atoms with Crippen molar-refractivity contribution in [3.05, 3.63) is 59.9 Å².